The molecule has 10 heteroatoms. The minimum Gasteiger partial charge on any atom is -0.496 e. The van der Waals surface area contributed by atoms with Gasteiger partial charge in [0.25, 0.3) is 10.0 Å². The monoisotopic (exact) mass is 493 g/mol. The van der Waals surface area contributed by atoms with Gasteiger partial charge in [-0.05, 0) is 93.8 Å². The summed E-state index contributed by atoms with van der Waals surface area (Å²) in [5.41, 5.74) is 4.80. The fourth-order valence-corrected chi connectivity index (χ4v) is 4.99. The third kappa shape index (κ3) is 4.97. The lowest BCUT2D eigenvalue weighted by Gasteiger charge is -2.14. The van der Waals surface area contributed by atoms with Crippen molar-refractivity contribution in [1.29, 1.82) is 0 Å². The summed E-state index contributed by atoms with van der Waals surface area (Å²) in [4.78, 5) is 0.198. The van der Waals surface area contributed by atoms with E-state index in [-0.39, 0.29) is 4.90 Å². The molecule has 182 valence electrons. The topological polar surface area (TPSA) is 108 Å². The van der Waals surface area contributed by atoms with E-state index in [4.69, 9.17) is 9.47 Å². The third-order valence-electron chi connectivity index (χ3n) is 5.81. The van der Waals surface area contributed by atoms with Crippen LogP contribution in [0.5, 0.6) is 17.4 Å². The van der Waals surface area contributed by atoms with Crippen molar-refractivity contribution in [3.63, 3.8) is 0 Å². The van der Waals surface area contributed by atoms with E-state index in [1.54, 1.807) is 74.2 Å². The quantitative estimate of drug-likeness (QED) is 0.394. The van der Waals surface area contributed by atoms with Gasteiger partial charge in [-0.2, -0.15) is 5.10 Å². The summed E-state index contributed by atoms with van der Waals surface area (Å²) in [7, 11) is -2.22. The Morgan fingerprint density at radius 1 is 0.886 bits per heavy atom. The zero-order valence-electron chi connectivity index (χ0n) is 20.4. The molecule has 0 amide bonds. The highest BCUT2D eigenvalue weighted by Crippen LogP contribution is 2.28. The van der Waals surface area contributed by atoms with Gasteiger partial charge in [-0.3, -0.25) is 4.72 Å². The highest BCUT2D eigenvalue weighted by atomic mass is 32.2. The van der Waals surface area contributed by atoms with Gasteiger partial charge in [-0.1, -0.05) is 0 Å². The summed E-state index contributed by atoms with van der Waals surface area (Å²) < 4.78 is 41.3. The zero-order valence-corrected chi connectivity index (χ0v) is 21.3. The number of ether oxygens (including phenoxy) is 2. The standard InChI is InChI=1S/C25H27N5O4S/c1-15-14-23(16(2)13-22(15)33-6)35(31,32)29-20-7-9-21(10-8-20)34-25-12-11-24(26-27-25)30-19(5)17(3)18(4)28-30/h7-14,29H,1-6H3. The van der Waals surface area contributed by atoms with Gasteiger partial charge >= 0.3 is 0 Å². The summed E-state index contributed by atoms with van der Waals surface area (Å²) in [6.45, 7) is 9.48. The molecule has 0 aliphatic carbocycles. The van der Waals surface area contributed by atoms with Crippen LogP contribution in [0.4, 0.5) is 5.69 Å². The largest absolute Gasteiger partial charge is 0.496 e. The van der Waals surface area contributed by atoms with Crippen molar-refractivity contribution in [3.05, 3.63) is 76.6 Å². The molecule has 2 aromatic carbocycles. The molecule has 0 saturated carbocycles. The average molecular weight is 494 g/mol. The van der Waals surface area contributed by atoms with E-state index < -0.39 is 10.0 Å². The van der Waals surface area contributed by atoms with Crippen molar-refractivity contribution in [2.75, 3.05) is 11.8 Å². The molecule has 0 aliphatic heterocycles. The number of rotatable bonds is 7. The third-order valence-corrected chi connectivity index (χ3v) is 7.33. The first kappa shape index (κ1) is 24.2. The molecule has 2 aromatic heterocycles. The van der Waals surface area contributed by atoms with Gasteiger partial charge in [0.1, 0.15) is 11.5 Å². The molecular weight excluding hydrogens is 466 g/mol. The second-order valence-corrected chi connectivity index (χ2v) is 9.91. The van der Waals surface area contributed by atoms with Gasteiger partial charge in [0, 0.05) is 17.4 Å². The molecule has 4 aromatic rings. The molecule has 0 atom stereocenters. The Morgan fingerprint density at radius 3 is 2.17 bits per heavy atom. The first-order valence-corrected chi connectivity index (χ1v) is 12.4. The Morgan fingerprint density at radius 2 is 1.60 bits per heavy atom. The number of hydrogen-bond acceptors (Lipinski definition) is 7. The van der Waals surface area contributed by atoms with Crippen molar-refractivity contribution in [1.82, 2.24) is 20.0 Å². The Hall–Kier alpha value is -3.92. The highest BCUT2D eigenvalue weighted by Gasteiger charge is 2.19. The lowest BCUT2D eigenvalue weighted by Crippen LogP contribution is -2.14. The fraction of sp³-hybridized carbons (Fsp3) is 0.240. The van der Waals surface area contributed by atoms with E-state index >= 15 is 0 Å². The average Bonchev–Trinajstić information content (AvgIpc) is 3.09. The maximum Gasteiger partial charge on any atom is 0.262 e. The van der Waals surface area contributed by atoms with E-state index in [1.165, 1.54) is 0 Å². The first-order valence-electron chi connectivity index (χ1n) is 10.9. The van der Waals surface area contributed by atoms with E-state index in [2.05, 4.69) is 20.0 Å². The minimum atomic E-state index is -3.78. The minimum absolute atomic E-state index is 0.198. The molecular formula is C25H27N5O4S. The molecule has 0 fully saturated rings. The van der Waals surface area contributed by atoms with Crippen LogP contribution in [0.3, 0.4) is 0 Å². The lowest BCUT2D eigenvalue weighted by molar-refractivity contribution is 0.411. The van der Waals surface area contributed by atoms with Gasteiger partial charge in [-0.15, -0.1) is 10.2 Å². The molecule has 0 saturated heterocycles. The number of hydrogen-bond donors (Lipinski definition) is 1. The molecule has 0 unspecified atom stereocenters. The smallest absolute Gasteiger partial charge is 0.262 e. The van der Waals surface area contributed by atoms with Crippen LogP contribution < -0.4 is 14.2 Å². The molecule has 35 heavy (non-hydrogen) atoms. The van der Waals surface area contributed by atoms with Gasteiger partial charge in [-0.25, -0.2) is 13.1 Å². The van der Waals surface area contributed by atoms with Crippen LogP contribution in [0.15, 0.2) is 53.4 Å². The number of benzene rings is 2. The fourth-order valence-electron chi connectivity index (χ4n) is 3.62. The number of sulfonamides is 1. The maximum absolute atomic E-state index is 12.9. The van der Waals surface area contributed by atoms with Crippen LogP contribution in [-0.4, -0.2) is 35.5 Å². The van der Waals surface area contributed by atoms with Crippen LogP contribution in [-0.2, 0) is 10.0 Å². The molecule has 0 radical (unpaired) electrons. The Kier molecular flexibility index (Phi) is 6.49. The van der Waals surface area contributed by atoms with Crippen molar-refractivity contribution in [2.24, 2.45) is 0 Å². The van der Waals surface area contributed by atoms with Gasteiger partial charge < -0.3 is 9.47 Å². The van der Waals surface area contributed by atoms with Crippen LogP contribution >= 0.6 is 0 Å². The number of nitrogens with one attached hydrogen (secondary N) is 1. The van der Waals surface area contributed by atoms with E-state index in [0.717, 1.165) is 22.5 Å². The van der Waals surface area contributed by atoms with E-state index in [1.807, 2.05) is 20.8 Å². The summed E-state index contributed by atoms with van der Waals surface area (Å²) in [5.74, 6) is 2.04. The first-order chi connectivity index (χ1) is 16.6. The van der Waals surface area contributed by atoms with Crippen molar-refractivity contribution >= 4 is 15.7 Å². The van der Waals surface area contributed by atoms with Crippen molar-refractivity contribution in [2.45, 2.75) is 39.5 Å². The molecule has 2 heterocycles. The van der Waals surface area contributed by atoms with Crippen LogP contribution in [0, 0.1) is 34.6 Å². The summed E-state index contributed by atoms with van der Waals surface area (Å²) in [5, 5.41) is 12.8. The normalized spacial score (nSPS) is 11.4. The van der Waals surface area contributed by atoms with E-state index in [0.29, 0.717) is 34.4 Å². The molecule has 0 aliphatic rings. The van der Waals surface area contributed by atoms with Crippen LogP contribution in [0.1, 0.15) is 28.1 Å². The van der Waals surface area contributed by atoms with Crippen molar-refractivity contribution in [3.8, 4) is 23.2 Å². The van der Waals surface area contributed by atoms with Gasteiger partial charge in [0.15, 0.2) is 5.82 Å². The molecule has 4 rings (SSSR count). The van der Waals surface area contributed by atoms with E-state index in [9.17, 15) is 8.42 Å². The Labute approximate surface area is 204 Å². The SMILES string of the molecule is COc1cc(C)c(S(=O)(=O)Nc2ccc(Oc3ccc(-n4nc(C)c(C)c4C)nn3)cc2)cc1C. The van der Waals surface area contributed by atoms with Gasteiger partial charge in [0.2, 0.25) is 5.88 Å². The van der Waals surface area contributed by atoms with Crippen LogP contribution in [0.25, 0.3) is 5.82 Å². The summed E-state index contributed by atoms with van der Waals surface area (Å²) in [6, 6.07) is 13.4. The predicted octanol–water partition coefficient (Wildman–Crippen LogP) is 4.81. The van der Waals surface area contributed by atoms with Crippen LogP contribution in [0.2, 0.25) is 0 Å². The predicted molar refractivity (Wildman–Crippen MR) is 133 cm³/mol. The number of methoxy groups -OCH3 is 1. The summed E-state index contributed by atoms with van der Waals surface area (Å²) in [6.07, 6.45) is 0. The van der Waals surface area contributed by atoms with Crippen molar-refractivity contribution < 1.29 is 17.9 Å². The number of nitrogens with zero attached hydrogens (tertiary/aromatic N) is 4. The summed E-state index contributed by atoms with van der Waals surface area (Å²) >= 11 is 0. The highest BCUT2D eigenvalue weighted by molar-refractivity contribution is 7.92. The zero-order chi connectivity index (χ0) is 25.3. The molecule has 1 N–H and O–H groups in total. The number of anilines is 1. The second kappa shape index (κ2) is 9.38. The lowest BCUT2D eigenvalue weighted by atomic mass is 10.1. The number of aromatic nitrogens is 4. The Bertz CT molecular complexity index is 1480. The van der Waals surface area contributed by atoms with Gasteiger partial charge in [0.05, 0.1) is 17.7 Å². The maximum atomic E-state index is 12.9. The molecule has 9 nitrogen and oxygen atoms in total. The molecule has 0 bridgehead atoms. The Balaban J connectivity index is 1.47. The number of aryl methyl sites for hydroxylation is 3. The molecule has 0 spiro atoms. The second-order valence-electron chi connectivity index (χ2n) is 8.26.